The van der Waals surface area contributed by atoms with Crippen molar-refractivity contribution in [2.75, 3.05) is 19.8 Å². The highest BCUT2D eigenvalue weighted by Gasteiger charge is 2.19. The standard InChI is InChI=1S/C12H16ClNO4S/c1-9(13)4-5-14-19(15,16)10-2-3-11-12(8-10)18-7-6-17-11/h2-3,8-9,14H,4-7H2,1H3. The molecule has 5 nitrogen and oxygen atoms in total. The Morgan fingerprint density at radius 3 is 2.68 bits per heavy atom. The predicted molar refractivity (Wildman–Crippen MR) is 72.6 cm³/mol. The van der Waals surface area contributed by atoms with E-state index in [1.807, 2.05) is 6.92 Å². The van der Waals surface area contributed by atoms with Gasteiger partial charge in [-0.25, -0.2) is 13.1 Å². The van der Waals surface area contributed by atoms with E-state index < -0.39 is 10.0 Å². The summed E-state index contributed by atoms with van der Waals surface area (Å²) in [6.45, 7) is 3.03. The van der Waals surface area contributed by atoms with Gasteiger partial charge in [0.05, 0.1) is 4.90 Å². The van der Waals surface area contributed by atoms with Crippen LogP contribution in [0.4, 0.5) is 0 Å². The molecule has 0 aliphatic carbocycles. The van der Waals surface area contributed by atoms with Crippen molar-refractivity contribution in [1.82, 2.24) is 4.72 Å². The molecule has 1 N–H and O–H groups in total. The lowest BCUT2D eigenvalue weighted by molar-refractivity contribution is 0.171. The molecular formula is C12H16ClNO4S. The molecule has 2 rings (SSSR count). The van der Waals surface area contributed by atoms with Crippen molar-refractivity contribution in [2.45, 2.75) is 23.6 Å². The van der Waals surface area contributed by atoms with Crippen molar-refractivity contribution in [1.29, 1.82) is 0 Å². The molecule has 7 heteroatoms. The van der Waals surface area contributed by atoms with Gasteiger partial charge in [0, 0.05) is 18.0 Å². The lowest BCUT2D eigenvalue weighted by Crippen LogP contribution is -2.26. The molecule has 0 radical (unpaired) electrons. The van der Waals surface area contributed by atoms with Crippen LogP contribution >= 0.6 is 11.6 Å². The molecule has 0 fully saturated rings. The van der Waals surface area contributed by atoms with E-state index in [1.54, 1.807) is 6.07 Å². The van der Waals surface area contributed by atoms with E-state index in [0.29, 0.717) is 37.7 Å². The minimum atomic E-state index is -3.53. The summed E-state index contributed by atoms with van der Waals surface area (Å²) in [7, 11) is -3.53. The zero-order chi connectivity index (χ0) is 13.9. The van der Waals surface area contributed by atoms with Gasteiger partial charge in [0.1, 0.15) is 13.2 Å². The second-order valence-electron chi connectivity index (χ2n) is 4.27. The Kier molecular flexibility index (Phi) is 4.54. The third kappa shape index (κ3) is 3.75. The minimum Gasteiger partial charge on any atom is -0.486 e. The first kappa shape index (κ1) is 14.4. The first-order chi connectivity index (χ1) is 8.99. The Balaban J connectivity index is 2.12. The quantitative estimate of drug-likeness (QED) is 0.842. The molecule has 1 atom stereocenters. The Morgan fingerprint density at radius 1 is 1.32 bits per heavy atom. The molecule has 0 saturated heterocycles. The maximum absolute atomic E-state index is 12.0. The molecule has 0 spiro atoms. The number of fused-ring (bicyclic) bond motifs is 1. The molecule has 1 unspecified atom stereocenters. The molecule has 0 bridgehead atoms. The van der Waals surface area contributed by atoms with E-state index in [9.17, 15) is 8.42 Å². The van der Waals surface area contributed by atoms with Crippen LogP contribution in [0.15, 0.2) is 23.1 Å². The van der Waals surface area contributed by atoms with Gasteiger partial charge in [-0.15, -0.1) is 11.6 Å². The van der Waals surface area contributed by atoms with Gasteiger partial charge in [0.2, 0.25) is 10.0 Å². The van der Waals surface area contributed by atoms with Gasteiger partial charge < -0.3 is 9.47 Å². The fourth-order valence-corrected chi connectivity index (χ4v) is 2.84. The largest absolute Gasteiger partial charge is 0.486 e. The third-order valence-electron chi connectivity index (χ3n) is 2.66. The molecule has 1 aromatic rings. The summed E-state index contributed by atoms with van der Waals surface area (Å²) in [5, 5.41) is -0.0667. The molecular weight excluding hydrogens is 290 g/mol. The maximum atomic E-state index is 12.0. The Morgan fingerprint density at radius 2 is 2.00 bits per heavy atom. The van der Waals surface area contributed by atoms with E-state index in [-0.39, 0.29) is 10.3 Å². The van der Waals surface area contributed by atoms with Crippen molar-refractivity contribution in [3.05, 3.63) is 18.2 Å². The number of nitrogens with one attached hydrogen (secondary N) is 1. The number of alkyl halides is 1. The van der Waals surface area contributed by atoms with Gasteiger partial charge in [-0.2, -0.15) is 0 Å². The topological polar surface area (TPSA) is 64.6 Å². The van der Waals surface area contributed by atoms with Gasteiger partial charge in [-0.1, -0.05) is 0 Å². The second kappa shape index (κ2) is 5.98. The second-order valence-corrected chi connectivity index (χ2v) is 6.78. The summed E-state index contributed by atoms with van der Waals surface area (Å²) in [6.07, 6.45) is 0.575. The number of halogens is 1. The molecule has 0 aromatic heterocycles. The zero-order valence-electron chi connectivity index (χ0n) is 10.6. The van der Waals surface area contributed by atoms with Gasteiger partial charge in [0.15, 0.2) is 11.5 Å². The Bertz CT molecular complexity index is 545. The lowest BCUT2D eigenvalue weighted by Gasteiger charge is -2.19. The summed E-state index contributed by atoms with van der Waals surface area (Å²) in [6, 6.07) is 4.58. The molecule has 0 saturated carbocycles. The van der Waals surface area contributed by atoms with E-state index in [2.05, 4.69) is 4.72 Å². The molecule has 1 heterocycles. The van der Waals surface area contributed by atoms with Crippen LogP contribution in [0.25, 0.3) is 0 Å². The van der Waals surface area contributed by atoms with E-state index in [4.69, 9.17) is 21.1 Å². The highest BCUT2D eigenvalue weighted by atomic mass is 35.5. The smallest absolute Gasteiger partial charge is 0.240 e. The highest BCUT2D eigenvalue weighted by molar-refractivity contribution is 7.89. The SMILES string of the molecule is CC(Cl)CCNS(=O)(=O)c1ccc2c(c1)OCCO2. The average Bonchev–Trinajstić information content (AvgIpc) is 2.37. The summed E-state index contributed by atoms with van der Waals surface area (Å²) in [5.41, 5.74) is 0. The normalized spacial score (nSPS) is 16.1. The van der Waals surface area contributed by atoms with Crippen molar-refractivity contribution in [2.24, 2.45) is 0 Å². The van der Waals surface area contributed by atoms with Gasteiger partial charge in [-0.05, 0) is 25.5 Å². The van der Waals surface area contributed by atoms with E-state index >= 15 is 0 Å². The fourth-order valence-electron chi connectivity index (χ4n) is 1.67. The Labute approximate surface area is 117 Å². The number of hydrogen-bond acceptors (Lipinski definition) is 4. The fraction of sp³-hybridized carbons (Fsp3) is 0.500. The maximum Gasteiger partial charge on any atom is 0.240 e. The summed E-state index contributed by atoms with van der Waals surface area (Å²) >= 11 is 5.78. The molecule has 1 aliphatic rings. The first-order valence-corrected chi connectivity index (χ1v) is 7.94. The Hall–Kier alpha value is -0.980. The van der Waals surface area contributed by atoms with E-state index in [1.165, 1.54) is 12.1 Å². The van der Waals surface area contributed by atoms with Crippen LogP contribution in [0.1, 0.15) is 13.3 Å². The average molecular weight is 306 g/mol. The zero-order valence-corrected chi connectivity index (χ0v) is 12.1. The molecule has 19 heavy (non-hydrogen) atoms. The predicted octanol–water partition coefficient (Wildman–Crippen LogP) is 1.75. The van der Waals surface area contributed by atoms with Crippen molar-refractivity contribution in [3.63, 3.8) is 0 Å². The van der Waals surface area contributed by atoms with Crippen LogP contribution in [0.5, 0.6) is 11.5 Å². The van der Waals surface area contributed by atoms with E-state index in [0.717, 1.165) is 0 Å². The number of benzene rings is 1. The lowest BCUT2D eigenvalue weighted by atomic mass is 10.3. The summed E-state index contributed by atoms with van der Waals surface area (Å²) in [4.78, 5) is 0.166. The first-order valence-electron chi connectivity index (χ1n) is 6.02. The number of rotatable bonds is 5. The van der Waals surface area contributed by atoms with Crippen LogP contribution in [-0.2, 0) is 10.0 Å². The van der Waals surface area contributed by atoms with Gasteiger partial charge in [-0.3, -0.25) is 0 Å². The van der Waals surface area contributed by atoms with Crippen LogP contribution in [-0.4, -0.2) is 33.6 Å². The number of hydrogen-bond donors (Lipinski definition) is 1. The van der Waals surface area contributed by atoms with Crippen molar-refractivity contribution >= 4 is 21.6 Å². The highest BCUT2D eigenvalue weighted by Crippen LogP contribution is 2.32. The molecule has 0 amide bonds. The van der Waals surface area contributed by atoms with Crippen molar-refractivity contribution in [3.8, 4) is 11.5 Å². The monoisotopic (exact) mass is 305 g/mol. The van der Waals surface area contributed by atoms with Crippen LogP contribution in [0.2, 0.25) is 0 Å². The minimum absolute atomic E-state index is 0.0667. The van der Waals surface area contributed by atoms with Crippen LogP contribution in [0.3, 0.4) is 0 Å². The van der Waals surface area contributed by atoms with Gasteiger partial charge >= 0.3 is 0 Å². The third-order valence-corrected chi connectivity index (χ3v) is 4.34. The summed E-state index contributed by atoms with van der Waals surface area (Å²) < 4.78 is 37.3. The summed E-state index contributed by atoms with van der Waals surface area (Å²) in [5.74, 6) is 1.03. The number of ether oxygens (including phenoxy) is 2. The molecule has 1 aromatic carbocycles. The molecule has 106 valence electrons. The van der Waals surface area contributed by atoms with Gasteiger partial charge in [0.25, 0.3) is 0 Å². The molecule has 1 aliphatic heterocycles. The van der Waals surface area contributed by atoms with Crippen molar-refractivity contribution < 1.29 is 17.9 Å². The van der Waals surface area contributed by atoms with Crippen LogP contribution in [0, 0.1) is 0 Å². The number of sulfonamides is 1. The van der Waals surface area contributed by atoms with Crippen LogP contribution < -0.4 is 14.2 Å².